The van der Waals surface area contributed by atoms with Crippen LogP contribution in [0.1, 0.15) is 63.5 Å². The highest BCUT2D eigenvalue weighted by Gasteiger charge is 2.18. The Labute approximate surface area is 122 Å². The zero-order valence-corrected chi connectivity index (χ0v) is 13.0. The molecule has 20 heavy (non-hydrogen) atoms. The fraction of sp³-hybridized carbons (Fsp3) is 0.647. The molecule has 1 unspecified atom stereocenters. The summed E-state index contributed by atoms with van der Waals surface area (Å²) in [5.41, 5.74) is 0.658. The lowest BCUT2D eigenvalue weighted by atomic mass is 9.98. The maximum absolute atomic E-state index is 14.0. The van der Waals surface area contributed by atoms with Gasteiger partial charge in [0.2, 0.25) is 0 Å². The first-order valence-corrected chi connectivity index (χ1v) is 7.74. The molecule has 2 nitrogen and oxygen atoms in total. The van der Waals surface area contributed by atoms with Crippen LogP contribution in [0, 0.1) is 5.82 Å². The molecule has 0 aliphatic carbocycles. The van der Waals surface area contributed by atoms with Crippen molar-refractivity contribution >= 4 is 0 Å². The molecule has 0 spiro atoms. The average molecular weight is 281 g/mol. The van der Waals surface area contributed by atoms with E-state index < -0.39 is 0 Å². The minimum absolute atomic E-state index is 0.0253. The molecule has 1 aromatic rings. The Hall–Kier alpha value is -1.09. The van der Waals surface area contributed by atoms with Crippen molar-refractivity contribution in [2.24, 2.45) is 0 Å². The Kier molecular flexibility index (Phi) is 8.28. The highest BCUT2D eigenvalue weighted by atomic mass is 19.1. The van der Waals surface area contributed by atoms with E-state index >= 15 is 0 Å². The van der Waals surface area contributed by atoms with Crippen molar-refractivity contribution in [3.8, 4) is 5.75 Å². The number of halogens is 1. The predicted octanol–water partition coefficient (Wildman–Crippen LogP) is 4.85. The van der Waals surface area contributed by atoms with Crippen molar-refractivity contribution in [2.75, 3.05) is 14.2 Å². The molecule has 1 atom stereocenters. The van der Waals surface area contributed by atoms with Crippen molar-refractivity contribution in [2.45, 2.75) is 57.9 Å². The molecule has 1 N–H and O–H groups in total. The van der Waals surface area contributed by atoms with Crippen molar-refractivity contribution < 1.29 is 9.13 Å². The third kappa shape index (κ3) is 5.12. The first kappa shape index (κ1) is 17.0. The third-order valence-corrected chi connectivity index (χ3v) is 3.78. The highest BCUT2D eigenvalue weighted by Crippen LogP contribution is 2.30. The molecule has 0 aromatic heterocycles. The second-order valence-electron chi connectivity index (χ2n) is 5.25. The number of unbranched alkanes of at least 4 members (excludes halogenated alkanes) is 5. The van der Waals surface area contributed by atoms with Crippen molar-refractivity contribution in [3.63, 3.8) is 0 Å². The van der Waals surface area contributed by atoms with E-state index in [1.165, 1.54) is 38.2 Å². The molecular formula is C17H28FNO. The second kappa shape index (κ2) is 9.76. The zero-order valence-electron chi connectivity index (χ0n) is 13.0. The van der Waals surface area contributed by atoms with Crippen LogP contribution >= 0.6 is 0 Å². The van der Waals surface area contributed by atoms with Crippen molar-refractivity contribution in [1.82, 2.24) is 5.32 Å². The van der Waals surface area contributed by atoms with E-state index in [1.807, 2.05) is 13.1 Å². The molecule has 0 saturated heterocycles. The summed E-state index contributed by atoms with van der Waals surface area (Å²) in [5, 5.41) is 3.22. The largest absolute Gasteiger partial charge is 0.496 e. The minimum Gasteiger partial charge on any atom is -0.496 e. The van der Waals surface area contributed by atoms with Crippen LogP contribution in [0.3, 0.4) is 0 Å². The lowest BCUT2D eigenvalue weighted by Gasteiger charge is -2.20. The van der Waals surface area contributed by atoms with Crippen LogP contribution in [0.2, 0.25) is 0 Å². The topological polar surface area (TPSA) is 21.3 Å². The number of nitrogens with one attached hydrogen (secondary N) is 1. The fourth-order valence-electron chi connectivity index (χ4n) is 2.60. The molecule has 1 aromatic carbocycles. The van der Waals surface area contributed by atoms with Gasteiger partial charge in [-0.05, 0) is 25.6 Å². The van der Waals surface area contributed by atoms with Gasteiger partial charge < -0.3 is 10.1 Å². The lowest BCUT2D eigenvalue weighted by molar-refractivity contribution is 0.387. The number of ether oxygens (including phenoxy) is 1. The minimum atomic E-state index is -0.185. The maximum Gasteiger partial charge on any atom is 0.131 e. The molecule has 0 bridgehead atoms. The normalized spacial score (nSPS) is 12.4. The quantitative estimate of drug-likeness (QED) is 0.619. The van der Waals surface area contributed by atoms with E-state index in [1.54, 1.807) is 13.2 Å². The fourth-order valence-corrected chi connectivity index (χ4v) is 2.60. The van der Waals surface area contributed by atoms with Crippen LogP contribution in [0.5, 0.6) is 5.75 Å². The molecule has 0 aliphatic rings. The molecule has 0 fully saturated rings. The summed E-state index contributed by atoms with van der Waals surface area (Å²) in [4.78, 5) is 0. The molecule has 0 heterocycles. The van der Waals surface area contributed by atoms with Gasteiger partial charge in [-0.15, -0.1) is 0 Å². The Morgan fingerprint density at radius 1 is 1.15 bits per heavy atom. The monoisotopic (exact) mass is 281 g/mol. The van der Waals surface area contributed by atoms with Gasteiger partial charge in [0, 0.05) is 11.6 Å². The van der Waals surface area contributed by atoms with Crippen LogP contribution in [-0.2, 0) is 0 Å². The third-order valence-electron chi connectivity index (χ3n) is 3.78. The number of hydrogen-bond donors (Lipinski definition) is 1. The van der Waals surface area contributed by atoms with Crippen LogP contribution < -0.4 is 10.1 Å². The van der Waals surface area contributed by atoms with E-state index in [2.05, 4.69) is 12.2 Å². The molecule has 0 aliphatic heterocycles. The van der Waals surface area contributed by atoms with E-state index in [4.69, 9.17) is 4.74 Å². The smallest absolute Gasteiger partial charge is 0.131 e. The van der Waals surface area contributed by atoms with Gasteiger partial charge in [0.05, 0.1) is 7.11 Å². The van der Waals surface area contributed by atoms with Gasteiger partial charge in [-0.2, -0.15) is 0 Å². The summed E-state index contributed by atoms with van der Waals surface area (Å²) < 4.78 is 19.3. The molecule has 0 radical (unpaired) electrons. The molecule has 0 amide bonds. The van der Waals surface area contributed by atoms with Gasteiger partial charge in [-0.25, -0.2) is 4.39 Å². The maximum atomic E-state index is 14.0. The summed E-state index contributed by atoms with van der Waals surface area (Å²) in [7, 11) is 3.48. The number of benzene rings is 1. The average Bonchev–Trinajstić information content (AvgIpc) is 2.47. The van der Waals surface area contributed by atoms with E-state index in [-0.39, 0.29) is 11.9 Å². The first-order valence-electron chi connectivity index (χ1n) is 7.74. The molecule has 3 heteroatoms. The van der Waals surface area contributed by atoms with Crippen LogP contribution in [0.15, 0.2) is 18.2 Å². The number of methoxy groups -OCH3 is 1. The lowest BCUT2D eigenvalue weighted by Crippen LogP contribution is -2.18. The SMILES string of the molecule is CCCCCCCCC(NC)c1c(F)cccc1OC. The Morgan fingerprint density at radius 2 is 1.85 bits per heavy atom. The van der Waals surface area contributed by atoms with Gasteiger partial charge in [-0.1, -0.05) is 51.5 Å². The second-order valence-corrected chi connectivity index (χ2v) is 5.25. The van der Waals surface area contributed by atoms with Crippen molar-refractivity contribution in [1.29, 1.82) is 0 Å². The summed E-state index contributed by atoms with van der Waals surface area (Å²) in [6, 6.07) is 5.04. The van der Waals surface area contributed by atoms with Gasteiger partial charge in [-0.3, -0.25) is 0 Å². The Balaban J connectivity index is 2.54. The molecular weight excluding hydrogens is 253 g/mol. The summed E-state index contributed by atoms with van der Waals surface area (Å²) >= 11 is 0. The predicted molar refractivity (Wildman–Crippen MR) is 82.7 cm³/mol. The van der Waals surface area contributed by atoms with Crippen LogP contribution in [0.25, 0.3) is 0 Å². The summed E-state index contributed by atoms with van der Waals surface area (Å²) in [6.45, 7) is 2.22. The van der Waals surface area contributed by atoms with E-state index in [0.717, 1.165) is 12.8 Å². The van der Waals surface area contributed by atoms with Crippen LogP contribution in [0.4, 0.5) is 4.39 Å². The van der Waals surface area contributed by atoms with Gasteiger partial charge in [0.15, 0.2) is 0 Å². The molecule has 1 rings (SSSR count). The van der Waals surface area contributed by atoms with E-state index in [0.29, 0.717) is 11.3 Å². The highest BCUT2D eigenvalue weighted by molar-refractivity contribution is 5.37. The zero-order chi connectivity index (χ0) is 14.8. The Bertz CT molecular complexity index is 381. The van der Waals surface area contributed by atoms with Gasteiger partial charge >= 0.3 is 0 Å². The standard InChI is InChI=1S/C17H28FNO/c1-4-5-6-7-8-9-12-15(19-2)17-14(18)11-10-13-16(17)20-3/h10-11,13,15,19H,4-9,12H2,1-3H3. The van der Waals surface area contributed by atoms with Gasteiger partial charge in [0.1, 0.15) is 11.6 Å². The van der Waals surface area contributed by atoms with Crippen molar-refractivity contribution in [3.05, 3.63) is 29.6 Å². The number of hydrogen-bond acceptors (Lipinski definition) is 2. The van der Waals surface area contributed by atoms with Gasteiger partial charge in [0.25, 0.3) is 0 Å². The van der Waals surface area contributed by atoms with E-state index in [9.17, 15) is 4.39 Å². The molecule has 0 saturated carbocycles. The van der Waals surface area contributed by atoms with Crippen LogP contribution in [-0.4, -0.2) is 14.2 Å². The summed E-state index contributed by atoms with van der Waals surface area (Å²) in [6.07, 6.45) is 8.45. The Morgan fingerprint density at radius 3 is 2.50 bits per heavy atom. The summed E-state index contributed by atoms with van der Waals surface area (Å²) in [5.74, 6) is 0.449. The first-order chi connectivity index (χ1) is 9.74. The molecule has 114 valence electrons. The number of rotatable bonds is 10.